The Labute approximate surface area is 410 Å². The van der Waals surface area contributed by atoms with Gasteiger partial charge in [0.25, 0.3) is 11.5 Å². The minimum Gasteiger partial charge on any atom is -0.480 e. The number of carbonyl (C=O) groups excluding carboxylic acids is 6. The Balaban J connectivity index is 0.896. The van der Waals surface area contributed by atoms with Crippen LogP contribution in [0.3, 0.4) is 0 Å². The van der Waals surface area contributed by atoms with E-state index in [2.05, 4.69) is 46.5 Å². The van der Waals surface area contributed by atoms with Gasteiger partial charge in [-0.25, -0.2) is 24.4 Å². The SMILES string of the molecule is CO[C@]12[C@H](N)CCN1C1=C(C(=O)C(NCCSSC[C@H](NC(=O)[C@@H](N)CNC(=O)CC[C@@H](NC(=O)c3ccc(NCc4cnc5nc(N)[nH]c(=O)c5n4)cc3)C(=O)O)C(=O)O)=C(C)C1=O)[C@H]2COC(N)=O. The van der Waals surface area contributed by atoms with Gasteiger partial charge in [0.15, 0.2) is 16.9 Å². The number of nitrogen functional groups attached to an aromatic ring is 1. The number of benzene rings is 1. The van der Waals surface area contributed by atoms with Crippen LogP contribution in [0.1, 0.15) is 42.2 Å². The zero-order valence-corrected chi connectivity index (χ0v) is 39.8. The van der Waals surface area contributed by atoms with E-state index in [0.29, 0.717) is 30.1 Å². The normalized spacial score (nSPS) is 19.6. The highest BCUT2D eigenvalue weighted by molar-refractivity contribution is 8.76. The number of Topliss-reactive ketones (excluding diaryl/α,β-unsaturated/α-hetero) is 2. The maximum Gasteiger partial charge on any atom is 0.404 e. The van der Waals surface area contributed by atoms with Gasteiger partial charge in [0.1, 0.15) is 24.7 Å². The molecule has 1 saturated heterocycles. The summed E-state index contributed by atoms with van der Waals surface area (Å²) in [4.78, 5) is 130. The fourth-order valence-electron chi connectivity index (χ4n) is 8.21. The van der Waals surface area contributed by atoms with Crippen molar-refractivity contribution >= 4 is 91.7 Å². The van der Waals surface area contributed by atoms with Gasteiger partial charge in [-0.05, 0) is 44.0 Å². The van der Waals surface area contributed by atoms with E-state index < -0.39 is 95.2 Å². The van der Waals surface area contributed by atoms with Gasteiger partial charge in [-0.1, -0.05) is 21.6 Å². The van der Waals surface area contributed by atoms with Crippen molar-refractivity contribution in [3.05, 3.63) is 74.6 Å². The number of H-pyrrole nitrogens is 1. The number of carboxylic acids is 2. The third-order valence-electron chi connectivity index (χ3n) is 11.8. The standard InChI is InChI=1S/C42H52N14O13S2/c1-18-29(33(59)28-22(16-69-41(46)67)42(68-2)26(44)9-11-56(42)31(28)32(18)58)47-10-12-70-71-17-25(39(65)66)53-36(61)23(43)15-49-27(57)8-7-24(38(63)64)52-35(60)19-3-5-20(6-4-19)48-13-21-14-50-34-30(51-21)37(62)55-40(45)54-34/h3-6,14,22-26,47-48H,7-13,15-17,43-44H2,1-2H3,(H2,46,67)(H,49,57)(H,52,60)(H,53,61)(H,63,64)(H,65,66)(H3,45,50,54,55,62)/t22-,23+,24-,25+,26-,42-/m1/s1. The second-order valence-corrected chi connectivity index (χ2v) is 18.9. The molecular formula is C42H52N14O13S2. The van der Waals surface area contributed by atoms with Crippen molar-refractivity contribution in [3.8, 4) is 0 Å². The fraction of sp³-hybridized carbons (Fsp3) is 0.429. The number of nitrogens with one attached hydrogen (secondary N) is 6. The lowest BCUT2D eigenvalue weighted by Gasteiger charge is -2.40. The summed E-state index contributed by atoms with van der Waals surface area (Å²) in [7, 11) is 3.73. The van der Waals surface area contributed by atoms with Crippen LogP contribution in [0.25, 0.3) is 11.2 Å². The zero-order valence-electron chi connectivity index (χ0n) is 38.1. The van der Waals surface area contributed by atoms with Crippen LogP contribution in [0.2, 0.25) is 0 Å². The highest BCUT2D eigenvalue weighted by Crippen LogP contribution is 2.51. The van der Waals surface area contributed by atoms with Gasteiger partial charge in [0.05, 0.1) is 41.8 Å². The second kappa shape index (κ2) is 23.1. The first kappa shape index (κ1) is 53.0. The number of ketones is 2. The Morgan fingerprint density at radius 3 is 2.39 bits per heavy atom. The second-order valence-electron chi connectivity index (χ2n) is 16.3. The number of carboxylic acid groups (broad SMARTS) is 2. The molecule has 0 radical (unpaired) electrons. The van der Waals surface area contributed by atoms with Gasteiger partial charge < -0.3 is 74.1 Å². The highest BCUT2D eigenvalue weighted by atomic mass is 33.1. The number of amides is 4. The molecular weight excluding hydrogens is 973 g/mol. The number of fused-ring (bicyclic) bond motifs is 3. The summed E-state index contributed by atoms with van der Waals surface area (Å²) in [6, 6.07) is 1.17. The van der Waals surface area contributed by atoms with Crippen LogP contribution in [-0.2, 0) is 44.8 Å². The van der Waals surface area contributed by atoms with Gasteiger partial charge >= 0.3 is 18.0 Å². The number of ether oxygens (including phenoxy) is 2. The molecule has 4 amide bonds. The van der Waals surface area contributed by atoms with Gasteiger partial charge in [-0.3, -0.25) is 33.8 Å². The molecule has 1 aromatic carbocycles. The zero-order chi connectivity index (χ0) is 51.7. The first-order chi connectivity index (χ1) is 33.8. The number of primary amides is 1. The first-order valence-corrected chi connectivity index (χ1v) is 24.2. The van der Waals surface area contributed by atoms with E-state index in [1.807, 2.05) is 0 Å². The summed E-state index contributed by atoms with van der Waals surface area (Å²) in [5.41, 5.74) is 22.9. The number of nitrogens with zero attached hydrogens (tertiary/aromatic N) is 4. The third kappa shape index (κ3) is 12.0. The van der Waals surface area contributed by atoms with Crippen LogP contribution in [0.15, 0.2) is 57.8 Å². The van der Waals surface area contributed by atoms with Crippen molar-refractivity contribution < 1.29 is 58.0 Å². The van der Waals surface area contributed by atoms with Gasteiger partial charge in [-0.15, -0.1) is 0 Å². The van der Waals surface area contributed by atoms with E-state index in [1.54, 1.807) is 17.0 Å². The third-order valence-corrected chi connectivity index (χ3v) is 14.2. The molecule has 2 aromatic heterocycles. The Hall–Kier alpha value is -7.34. The maximum absolute atomic E-state index is 14.0. The summed E-state index contributed by atoms with van der Waals surface area (Å²) < 4.78 is 11.0. The molecule has 0 saturated carbocycles. The number of hydrogen-bond acceptors (Lipinski definition) is 22. The van der Waals surface area contributed by atoms with Crippen molar-refractivity contribution in [2.45, 2.75) is 62.6 Å². The van der Waals surface area contributed by atoms with Crippen LogP contribution in [0.4, 0.5) is 16.4 Å². The van der Waals surface area contributed by atoms with Crippen molar-refractivity contribution in [2.75, 3.05) is 55.9 Å². The molecule has 0 bridgehead atoms. The molecule has 16 N–H and O–H groups in total. The number of methoxy groups -OCH3 is 1. The molecule has 29 heteroatoms. The number of nitrogens with two attached hydrogens (primary N) is 4. The van der Waals surface area contributed by atoms with Crippen LogP contribution in [0.5, 0.6) is 0 Å². The van der Waals surface area contributed by atoms with Gasteiger partial charge in [0.2, 0.25) is 29.3 Å². The largest absolute Gasteiger partial charge is 0.480 e. The van der Waals surface area contributed by atoms with Crippen molar-refractivity contribution in [1.29, 1.82) is 0 Å². The van der Waals surface area contributed by atoms with Gasteiger partial charge in [0, 0.05) is 67.1 Å². The average molecular weight is 1030 g/mol. The molecule has 2 aliphatic heterocycles. The molecule has 1 fully saturated rings. The monoisotopic (exact) mass is 1020 g/mol. The Morgan fingerprint density at radius 1 is 1.00 bits per heavy atom. The van der Waals surface area contributed by atoms with E-state index in [4.69, 9.17) is 32.4 Å². The van der Waals surface area contributed by atoms with Crippen molar-refractivity contribution in [2.24, 2.45) is 23.1 Å². The number of carbonyl (C=O) groups is 8. The minimum atomic E-state index is -1.46. The molecule has 4 heterocycles. The topological polar surface area (TPSA) is 434 Å². The number of allylic oxidation sites excluding steroid dienone is 2. The van der Waals surface area contributed by atoms with Crippen LogP contribution in [-0.4, -0.2) is 157 Å². The smallest absolute Gasteiger partial charge is 0.404 e. The van der Waals surface area contributed by atoms with Crippen LogP contribution in [0, 0.1) is 5.92 Å². The Bertz CT molecular complexity index is 2740. The predicted octanol–water partition coefficient (Wildman–Crippen LogP) is -2.36. The molecule has 6 rings (SSSR count). The Morgan fingerprint density at radius 2 is 1.72 bits per heavy atom. The number of anilines is 2. The van der Waals surface area contributed by atoms with E-state index in [1.165, 1.54) is 43.2 Å². The summed E-state index contributed by atoms with van der Waals surface area (Å²) in [6.45, 7) is 1.40. The molecule has 0 spiro atoms. The van der Waals surface area contributed by atoms with E-state index in [-0.39, 0.29) is 83.5 Å². The number of aromatic amines is 1. The summed E-state index contributed by atoms with van der Waals surface area (Å²) in [6.07, 6.45) is 0.107. The van der Waals surface area contributed by atoms with Crippen LogP contribution >= 0.6 is 21.6 Å². The van der Waals surface area contributed by atoms with Gasteiger partial charge in [-0.2, -0.15) is 4.98 Å². The lowest BCUT2D eigenvalue weighted by molar-refractivity contribution is -0.141. The van der Waals surface area contributed by atoms with Crippen molar-refractivity contribution in [3.63, 3.8) is 0 Å². The van der Waals surface area contributed by atoms with E-state index in [9.17, 15) is 53.4 Å². The number of aromatic nitrogens is 4. The molecule has 1 aliphatic carbocycles. The number of aliphatic carboxylic acids is 2. The van der Waals surface area contributed by atoms with Crippen LogP contribution < -0.4 is 55.1 Å². The molecule has 0 unspecified atom stereocenters. The highest BCUT2D eigenvalue weighted by Gasteiger charge is 2.64. The molecule has 71 heavy (non-hydrogen) atoms. The maximum atomic E-state index is 14.0. The predicted molar refractivity (Wildman–Crippen MR) is 256 cm³/mol. The fourth-order valence-corrected chi connectivity index (χ4v) is 10.3. The molecule has 6 atom stereocenters. The average Bonchev–Trinajstić information content (AvgIpc) is 3.82. The molecule has 27 nitrogen and oxygen atoms in total. The molecule has 3 aliphatic rings. The molecule has 380 valence electrons. The lowest BCUT2D eigenvalue weighted by Crippen LogP contribution is -2.58. The minimum absolute atomic E-state index is 0.00926. The van der Waals surface area contributed by atoms with Crippen molar-refractivity contribution in [1.82, 2.24) is 46.1 Å². The summed E-state index contributed by atoms with van der Waals surface area (Å²) in [5.74, 6) is -6.76. The number of hydrogen-bond donors (Lipinski definition) is 12. The van der Waals surface area contributed by atoms with E-state index in [0.717, 1.165) is 10.8 Å². The first-order valence-electron chi connectivity index (χ1n) is 21.7. The number of rotatable bonds is 24. The quantitative estimate of drug-likeness (QED) is 0.0254. The molecule has 3 aromatic rings. The Kier molecular flexibility index (Phi) is 17.2. The lowest BCUT2D eigenvalue weighted by atomic mass is 9.81. The van der Waals surface area contributed by atoms with E-state index >= 15 is 0 Å². The summed E-state index contributed by atoms with van der Waals surface area (Å²) >= 11 is 0. The summed E-state index contributed by atoms with van der Waals surface area (Å²) in [5, 5.41) is 32.7.